The molecule has 3 aromatic rings. The number of hydrogen-bond donors (Lipinski definition) is 2. The number of pyridine rings is 1. The number of rotatable bonds is 4. The SMILES string of the molecule is O=C1Cc2cc(-n3c(CCCO)nc4ccc(C(F)(F)F)nc43)ccc2N1. The van der Waals surface area contributed by atoms with Crippen LogP contribution in [0.5, 0.6) is 0 Å². The molecule has 0 bridgehead atoms. The van der Waals surface area contributed by atoms with E-state index in [2.05, 4.69) is 15.3 Å². The summed E-state index contributed by atoms with van der Waals surface area (Å²) in [7, 11) is 0. The highest BCUT2D eigenvalue weighted by Gasteiger charge is 2.33. The summed E-state index contributed by atoms with van der Waals surface area (Å²) in [5, 5.41) is 11.8. The van der Waals surface area contributed by atoms with Crippen molar-refractivity contribution < 1.29 is 23.1 Å². The molecule has 1 aliphatic heterocycles. The number of imidazole rings is 1. The van der Waals surface area contributed by atoms with Gasteiger partial charge in [0.25, 0.3) is 0 Å². The smallest absolute Gasteiger partial charge is 0.396 e. The number of halogens is 3. The number of aliphatic hydroxyl groups excluding tert-OH is 1. The van der Waals surface area contributed by atoms with E-state index in [1.54, 1.807) is 22.8 Å². The van der Waals surface area contributed by atoms with Crippen molar-refractivity contribution in [3.05, 3.63) is 47.4 Å². The zero-order valence-electron chi connectivity index (χ0n) is 14.0. The van der Waals surface area contributed by atoms with Gasteiger partial charge in [0.1, 0.15) is 17.0 Å². The molecule has 6 nitrogen and oxygen atoms in total. The van der Waals surface area contributed by atoms with Gasteiger partial charge < -0.3 is 10.4 Å². The van der Waals surface area contributed by atoms with Crippen LogP contribution in [0.3, 0.4) is 0 Å². The minimum Gasteiger partial charge on any atom is -0.396 e. The average molecular weight is 376 g/mol. The molecule has 1 amide bonds. The lowest BCUT2D eigenvalue weighted by Gasteiger charge is -2.11. The van der Waals surface area contributed by atoms with Crippen LogP contribution in [0.25, 0.3) is 16.9 Å². The molecule has 0 fully saturated rings. The Morgan fingerprint density at radius 2 is 2.00 bits per heavy atom. The molecular formula is C18H15F3N4O2. The number of carbonyl (C=O) groups is 1. The normalized spacial score (nSPS) is 13.9. The first-order valence-electron chi connectivity index (χ1n) is 8.36. The Hall–Kier alpha value is -2.94. The molecule has 1 aliphatic rings. The molecule has 1 aromatic carbocycles. The number of benzene rings is 1. The standard InChI is InChI=1S/C18H15F3N4O2/c19-18(20,21)14-6-5-13-17(24-14)25(15(22-13)2-1-7-26)11-3-4-12-10(8-11)9-16(27)23-12/h3-6,8,26H,1-2,7,9H2,(H,23,27). The van der Waals surface area contributed by atoms with Gasteiger partial charge in [0, 0.05) is 24.4 Å². The van der Waals surface area contributed by atoms with Crippen LogP contribution in [-0.2, 0) is 23.8 Å². The number of aryl methyl sites for hydroxylation is 1. The third kappa shape index (κ3) is 3.14. The predicted molar refractivity (Wildman–Crippen MR) is 91.6 cm³/mol. The quantitative estimate of drug-likeness (QED) is 0.734. The summed E-state index contributed by atoms with van der Waals surface area (Å²) < 4.78 is 40.9. The molecule has 0 unspecified atom stereocenters. The molecule has 0 atom stereocenters. The number of carbonyl (C=O) groups excluding carboxylic acids is 1. The number of amides is 1. The zero-order chi connectivity index (χ0) is 19.2. The molecule has 3 heterocycles. The molecule has 4 rings (SSSR count). The highest BCUT2D eigenvalue weighted by Crippen LogP contribution is 2.32. The third-order valence-corrected chi connectivity index (χ3v) is 4.40. The maximum Gasteiger partial charge on any atom is 0.433 e. The van der Waals surface area contributed by atoms with Gasteiger partial charge in [0.05, 0.1) is 6.42 Å². The maximum absolute atomic E-state index is 13.1. The Balaban J connectivity index is 1.91. The molecule has 0 saturated carbocycles. The van der Waals surface area contributed by atoms with Crippen LogP contribution in [0.15, 0.2) is 30.3 Å². The lowest BCUT2D eigenvalue weighted by Crippen LogP contribution is -2.09. The number of nitrogens with zero attached hydrogens (tertiary/aromatic N) is 3. The largest absolute Gasteiger partial charge is 0.433 e. The Labute approximate surface area is 151 Å². The van der Waals surface area contributed by atoms with E-state index in [1.807, 2.05) is 0 Å². The molecule has 2 N–H and O–H groups in total. The van der Waals surface area contributed by atoms with Gasteiger partial charge in [0.2, 0.25) is 5.91 Å². The number of nitrogens with one attached hydrogen (secondary N) is 1. The first-order valence-corrected chi connectivity index (χ1v) is 8.36. The molecule has 9 heteroatoms. The fraction of sp³-hybridized carbons (Fsp3) is 0.278. The van der Waals surface area contributed by atoms with Gasteiger partial charge in [-0.3, -0.25) is 9.36 Å². The van der Waals surface area contributed by atoms with E-state index in [-0.39, 0.29) is 24.6 Å². The Kier molecular flexibility index (Phi) is 4.11. The molecular weight excluding hydrogens is 361 g/mol. The van der Waals surface area contributed by atoms with Crippen LogP contribution in [0.4, 0.5) is 18.9 Å². The monoisotopic (exact) mass is 376 g/mol. The molecule has 0 aliphatic carbocycles. The predicted octanol–water partition coefficient (Wildman–Crippen LogP) is 2.86. The van der Waals surface area contributed by atoms with E-state index in [0.29, 0.717) is 35.6 Å². The van der Waals surface area contributed by atoms with E-state index < -0.39 is 11.9 Å². The summed E-state index contributed by atoms with van der Waals surface area (Å²) in [6.45, 7) is -0.0625. The van der Waals surface area contributed by atoms with Crippen LogP contribution in [-0.4, -0.2) is 32.2 Å². The lowest BCUT2D eigenvalue weighted by atomic mass is 10.1. The van der Waals surface area contributed by atoms with Crippen molar-refractivity contribution in [2.75, 3.05) is 11.9 Å². The fourth-order valence-electron chi connectivity index (χ4n) is 3.19. The first-order chi connectivity index (χ1) is 12.9. The van der Waals surface area contributed by atoms with Crippen molar-refractivity contribution in [1.29, 1.82) is 0 Å². The van der Waals surface area contributed by atoms with Gasteiger partial charge in [-0.2, -0.15) is 13.2 Å². The van der Waals surface area contributed by atoms with Crippen molar-refractivity contribution in [3.63, 3.8) is 0 Å². The van der Waals surface area contributed by atoms with Crippen LogP contribution in [0, 0.1) is 0 Å². The number of aromatic nitrogens is 3. The van der Waals surface area contributed by atoms with Crippen molar-refractivity contribution >= 4 is 22.8 Å². The van der Waals surface area contributed by atoms with Crippen molar-refractivity contribution in [1.82, 2.24) is 14.5 Å². The minimum atomic E-state index is -4.57. The van der Waals surface area contributed by atoms with Crippen molar-refractivity contribution in [3.8, 4) is 5.69 Å². The van der Waals surface area contributed by atoms with Crippen molar-refractivity contribution in [2.24, 2.45) is 0 Å². The van der Waals surface area contributed by atoms with Crippen molar-refractivity contribution in [2.45, 2.75) is 25.4 Å². The van der Waals surface area contributed by atoms with Crippen LogP contribution >= 0.6 is 0 Å². The Morgan fingerprint density at radius 1 is 1.19 bits per heavy atom. The number of fused-ring (bicyclic) bond motifs is 2. The summed E-state index contributed by atoms with van der Waals surface area (Å²) in [5.74, 6) is 0.374. The second-order valence-electron chi connectivity index (χ2n) is 6.29. The Bertz CT molecular complexity index is 1040. The molecule has 140 valence electrons. The Morgan fingerprint density at radius 3 is 2.74 bits per heavy atom. The lowest BCUT2D eigenvalue weighted by molar-refractivity contribution is -0.141. The topological polar surface area (TPSA) is 80.0 Å². The summed E-state index contributed by atoms with van der Waals surface area (Å²) in [6, 6.07) is 7.36. The van der Waals surface area contributed by atoms with E-state index in [9.17, 15) is 18.0 Å². The zero-order valence-corrected chi connectivity index (χ0v) is 14.0. The van der Waals surface area contributed by atoms with E-state index in [0.717, 1.165) is 11.6 Å². The second-order valence-corrected chi connectivity index (χ2v) is 6.29. The molecule has 2 aromatic heterocycles. The van der Waals surface area contributed by atoms with Gasteiger partial charge in [-0.1, -0.05) is 0 Å². The first kappa shape index (κ1) is 17.5. The number of hydrogen-bond acceptors (Lipinski definition) is 4. The van der Waals surface area contributed by atoms with Gasteiger partial charge in [-0.25, -0.2) is 9.97 Å². The molecule has 0 spiro atoms. The van der Waals surface area contributed by atoms with Gasteiger partial charge in [0.15, 0.2) is 5.65 Å². The number of aliphatic hydroxyl groups is 1. The van der Waals surface area contributed by atoms with Crippen LogP contribution in [0.1, 0.15) is 23.5 Å². The van der Waals surface area contributed by atoms with Crippen LogP contribution < -0.4 is 5.32 Å². The van der Waals surface area contributed by atoms with Gasteiger partial charge >= 0.3 is 6.18 Å². The highest BCUT2D eigenvalue weighted by molar-refractivity contribution is 5.99. The molecule has 27 heavy (non-hydrogen) atoms. The summed E-state index contributed by atoms with van der Waals surface area (Å²) >= 11 is 0. The third-order valence-electron chi connectivity index (χ3n) is 4.40. The second kappa shape index (κ2) is 6.34. The highest BCUT2D eigenvalue weighted by atomic mass is 19.4. The summed E-state index contributed by atoms with van der Waals surface area (Å²) in [6.07, 6.45) is -3.56. The molecule has 0 radical (unpaired) electrons. The van der Waals surface area contributed by atoms with E-state index in [4.69, 9.17) is 5.11 Å². The summed E-state index contributed by atoms with van der Waals surface area (Å²) in [5.41, 5.74) is 1.46. The average Bonchev–Trinajstić information content (AvgIpc) is 3.16. The van der Waals surface area contributed by atoms with E-state index >= 15 is 0 Å². The van der Waals surface area contributed by atoms with Gasteiger partial charge in [-0.15, -0.1) is 0 Å². The fourth-order valence-corrected chi connectivity index (χ4v) is 3.19. The van der Waals surface area contributed by atoms with Crippen LogP contribution in [0.2, 0.25) is 0 Å². The number of anilines is 1. The number of alkyl halides is 3. The van der Waals surface area contributed by atoms with E-state index in [1.165, 1.54) is 6.07 Å². The molecule has 0 saturated heterocycles. The maximum atomic E-state index is 13.1. The summed E-state index contributed by atoms with van der Waals surface area (Å²) in [4.78, 5) is 19.8. The minimum absolute atomic E-state index is 0.0625. The van der Waals surface area contributed by atoms with Gasteiger partial charge in [-0.05, 0) is 42.3 Å².